The van der Waals surface area contributed by atoms with Crippen LogP contribution in [0, 0.1) is 0 Å². The summed E-state index contributed by atoms with van der Waals surface area (Å²) in [5.74, 6) is 0. The van der Waals surface area contributed by atoms with Crippen LogP contribution in [0.1, 0.15) is 11.1 Å². The standard InChI is InChI=1S/C16H14Cl2N2/c17-14-5-2-6-15(18)13(14)10-20-8-7-11-3-1-4-12(9-19)16(11)20/h1-8H,9-10,19H2. The molecule has 0 saturated heterocycles. The second-order valence-corrected chi connectivity index (χ2v) is 5.52. The molecule has 0 atom stereocenters. The zero-order valence-corrected chi connectivity index (χ0v) is 12.3. The summed E-state index contributed by atoms with van der Waals surface area (Å²) >= 11 is 12.5. The van der Waals surface area contributed by atoms with Crippen molar-refractivity contribution >= 4 is 34.1 Å². The second-order valence-electron chi connectivity index (χ2n) is 4.70. The van der Waals surface area contributed by atoms with E-state index < -0.39 is 0 Å². The molecule has 2 nitrogen and oxygen atoms in total. The smallest absolute Gasteiger partial charge is 0.0528 e. The fourth-order valence-corrected chi connectivity index (χ4v) is 3.01. The van der Waals surface area contributed by atoms with Crippen LogP contribution in [-0.4, -0.2) is 4.57 Å². The highest BCUT2D eigenvalue weighted by molar-refractivity contribution is 6.36. The number of benzene rings is 2. The van der Waals surface area contributed by atoms with Crippen molar-refractivity contribution in [1.29, 1.82) is 0 Å². The van der Waals surface area contributed by atoms with Crippen LogP contribution < -0.4 is 5.73 Å². The van der Waals surface area contributed by atoms with Gasteiger partial charge in [-0.05, 0) is 29.1 Å². The molecule has 1 heterocycles. The van der Waals surface area contributed by atoms with Crippen molar-refractivity contribution in [3.8, 4) is 0 Å². The van der Waals surface area contributed by atoms with E-state index in [2.05, 4.69) is 16.7 Å². The molecule has 3 rings (SSSR count). The number of nitrogens with two attached hydrogens (primary N) is 1. The van der Waals surface area contributed by atoms with Crippen molar-refractivity contribution < 1.29 is 0 Å². The van der Waals surface area contributed by atoms with Gasteiger partial charge in [0.25, 0.3) is 0 Å². The summed E-state index contributed by atoms with van der Waals surface area (Å²) in [6, 6.07) is 13.8. The minimum absolute atomic E-state index is 0.512. The molecule has 3 aromatic rings. The third kappa shape index (κ3) is 2.31. The molecule has 0 aliphatic heterocycles. The van der Waals surface area contributed by atoms with Gasteiger partial charge in [0.15, 0.2) is 0 Å². The van der Waals surface area contributed by atoms with Gasteiger partial charge in [0, 0.05) is 28.4 Å². The Morgan fingerprint density at radius 2 is 1.65 bits per heavy atom. The van der Waals surface area contributed by atoms with Gasteiger partial charge in [-0.25, -0.2) is 0 Å². The lowest BCUT2D eigenvalue weighted by Gasteiger charge is -2.11. The number of fused-ring (bicyclic) bond motifs is 1. The minimum atomic E-state index is 0.512. The molecule has 0 radical (unpaired) electrons. The summed E-state index contributed by atoms with van der Waals surface area (Å²) in [5, 5.41) is 2.55. The molecule has 102 valence electrons. The molecular weight excluding hydrogens is 291 g/mol. The van der Waals surface area contributed by atoms with Gasteiger partial charge in [0.05, 0.1) is 12.1 Å². The predicted molar refractivity (Wildman–Crippen MR) is 85.4 cm³/mol. The van der Waals surface area contributed by atoms with Crippen LogP contribution in [0.4, 0.5) is 0 Å². The Morgan fingerprint density at radius 1 is 0.950 bits per heavy atom. The predicted octanol–water partition coefficient (Wildman–Crippen LogP) is 4.46. The number of hydrogen-bond acceptors (Lipinski definition) is 1. The number of para-hydroxylation sites is 1. The summed E-state index contributed by atoms with van der Waals surface area (Å²) in [4.78, 5) is 0. The molecule has 1 aromatic heterocycles. The van der Waals surface area contributed by atoms with Crippen molar-refractivity contribution in [2.24, 2.45) is 5.73 Å². The van der Waals surface area contributed by atoms with E-state index in [0.29, 0.717) is 23.1 Å². The van der Waals surface area contributed by atoms with E-state index in [0.717, 1.165) is 16.6 Å². The van der Waals surface area contributed by atoms with Crippen LogP contribution in [0.5, 0.6) is 0 Å². The monoisotopic (exact) mass is 304 g/mol. The number of hydrogen-bond donors (Lipinski definition) is 1. The summed E-state index contributed by atoms with van der Waals surface area (Å²) < 4.78 is 2.14. The number of aromatic nitrogens is 1. The highest BCUT2D eigenvalue weighted by atomic mass is 35.5. The Hall–Kier alpha value is -1.48. The fraction of sp³-hybridized carbons (Fsp3) is 0.125. The van der Waals surface area contributed by atoms with E-state index in [4.69, 9.17) is 28.9 Å². The molecule has 0 spiro atoms. The maximum atomic E-state index is 6.25. The molecule has 0 saturated carbocycles. The van der Waals surface area contributed by atoms with E-state index in [1.165, 1.54) is 5.39 Å². The molecule has 2 N–H and O–H groups in total. The first-order valence-electron chi connectivity index (χ1n) is 6.40. The largest absolute Gasteiger partial charge is 0.343 e. The van der Waals surface area contributed by atoms with Gasteiger partial charge in [-0.1, -0.05) is 47.5 Å². The molecule has 4 heteroatoms. The molecule has 20 heavy (non-hydrogen) atoms. The Bertz CT molecular complexity index is 742. The normalized spacial score (nSPS) is 11.2. The van der Waals surface area contributed by atoms with Gasteiger partial charge in [-0.15, -0.1) is 0 Å². The molecule has 0 amide bonds. The Labute approximate surface area is 127 Å². The highest BCUT2D eigenvalue weighted by Gasteiger charge is 2.10. The van der Waals surface area contributed by atoms with Gasteiger partial charge in [-0.2, -0.15) is 0 Å². The molecule has 0 unspecified atom stereocenters. The van der Waals surface area contributed by atoms with Crippen LogP contribution in [-0.2, 0) is 13.1 Å². The maximum absolute atomic E-state index is 6.25. The van der Waals surface area contributed by atoms with Crippen LogP contribution in [0.15, 0.2) is 48.7 Å². The molecule has 0 fully saturated rings. The van der Waals surface area contributed by atoms with Gasteiger partial charge in [0.1, 0.15) is 0 Å². The zero-order chi connectivity index (χ0) is 14.1. The topological polar surface area (TPSA) is 30.9 Å². The van der Waals surface area contributed by atoms with Crippen LogP contribution in [0.2, 0.25) is 10.0 Å². The van der Waals surface area contributed by atoms with Crippen molar-refractivity contribution in [3.05, 3.63) is 69.8 Å². The number of rotatable bonds is 3. The van der Waals surface area contributed by atoms with Crippen LogP contribution in [0.3, 0.4) is 0 Å². The van der Waals surface area contributed by atoms with Crippen molar-refractivity contribution in [1.82, 2.24) is 4.57 Å². The summed E-state index contributed by atoms with van der Waals surface area (Å²) in [6.07, 6.45) is 2.05. The summed E-state index contributed by atoms with van der Waals surface area (Å²) in [6.45, 7) is 1.15. The average molecular weight is 305 g/mol. The first-order valence-corrected chi connectivity index (χ1v) is 7.16. The quantitative estimate of drug-likeness (QED) is 0.761. The molecular formula is C16H14Cl2N2. The number of halogens is 2. The van der Waals surface area contributed by atoms with Gasteiger partial charge in [0.2, 0.25) is 0 Å². The lowest BCUT2D eigenvalue weighted by molar-refractivity contribution is 0.830. The van der Waals surface area contributed by atoms with Crippen LogP contribution >= 0.6 is 23.2 Å². The summed E-state index contributed by atoms with van der Waals surface area (Å²) in [5.41, 5.74) is 9.03. The van der Waals surface area contributed by atoms with Crippen molar-refractivity contribution in [3.63, 3.8) is 0 Å². The molecule has 0 aliphatic carbocycles. The fourth-order valence-electron chi connectivity index (χ4n) is 2.49. The number of nitrogens with zero attached hydrogens (tertiary/aromatic N) is 1. The van der Waals surface area contributed by atoms with E-state index in [-0.39, 0.29) is 0 Å². The average Bonchev–Trinajstić information content (AvgIpc) is 2.86. The van der Waals surface area contributed by atoms with E-state index in [1.807, 2.05) is 36.5 Å². The first-order chi connectivity index (χ1) is 9.70. The van der Waals surface area contributed by atoms with Gasteiger partial charge >= 0.3 is 0 Å². The van der Waals surface area contributed by atoms with E-state index in [1.54, 1.807) is 0 Å². The zero-order valence-electron chi connectivity index (χ0n) is 10.8. The first kappa shape index (κ1) is 13.5. The third-order valence-corrected chi connectivity index (χ3v) is 4.19. The Balaban J connectivity index is 2.12. The third-order valence-electron chi connectivity index (χ3n) is 3.48. The Morgan fingerprint density at radius 3 is 2.35 bits per heavy atom. The highest BCUT2D eigenvalue weighted by Crippen LogP contribution is 2.28. The van der Waals surface area contributed by atoms with Crippen LogP contribution in [0.25, 0.3) is 10.9 Å². The van der Waals surface area contributed by atoms with E-state index >= 15 is 0 Å². The molecule has 0 bridgehead atoms. The lowest BCUT2D eigenvalue weighted by Crippen LogP contribution is -2.04. The minimum Gasteiger partial charge on any atom is -0.343 e. The molecule has 2 aromatic carbocycles. The lowest BCUT2D eigenvalue weighted by atomic mass is 10.1. The van der Waals surface area contributed by atoms with Crippen molar-refractivity contribution in [2.75, 3.05) is 0 Å². The van der Waals surface area contributed by atoms with Gasteiger partial charge < -0.3 is 10.3 Å². The maximum Gasteiger partial charge on any atom is 0.0528 e. The second kappa shape index (κ2) is 5.49. The summed E-state index contributed by atoms with van der Waals surface area (Å²) in [7, 11) is 0. The SMILES string of the molecule is NCc1cccc2ccn(Cc3c(Cl)cccc3Cl)c12. The van der Waals surface area contributed by atoms with E-state index in [9.17, 15) is 0 Å². The van der Waals surface area contributed by atoms with Crippen molar-refractivity contribution in [2.45, 2.75) is 13.1 Å². The molecule has 0 aliphatic rings. The Kier molecular flexibility index (Phi) is 3.70. The van der Waals surface area contributed by atoms with Gasteiger partial charge in [-0.3, -0.25) is 0 Å².